The lowest BCUT2D eigenvalue weighted by atomic mass is 10.3. The molecule has 0 saturated carbocycles. The molecule has 88 valence electrons. The van der Waals surface area contributed by atoms with E-state index in [1.54, 1.807) is 25.1 Å². The maximum atomic E-state index is 12.1. The summed E-state index contributed by atoms with van der Waals surface area (Å²) in [5.41, 5.74) is 6.15. The van der Waals surface area contributed by atoms with Crippen LogP contribution in [0.1, 0.15) is 6.92 Å². The number of rotatable bonds is 3. The number of hydrogen-bond donors (Lipinski definition) is 2. The van der Waals surface area contributed by atoms with E-state index in [9.17, 15) is 9.00 Å². The van der Waals surface area contributed by atoms with Crippen molar-refractivity contribution in [3.05, 3.63) is 22.7 Å². The quantitative estimate of drug-likeness (QED) is 0.826. The molecule has 16 heavy (non-hydrogen) atoms. The van der Waals surface area contributed by atoms with Gasteiger partial charge in [0, 0.05) is 17.2 Å². The highest BCUT2D eigenvalue weighted by Crippen LogP contribution is 2.23. The zero-order valence-corrected chi connectivity index (χ0v) is 11.4. The average Bonchev–Trinajstić information content (AvgIpc) is 2.29. The zero-order chi connectivity index (χ0) is 12.3. The second-order valence-electron chi connectivity index (χ2n) is 3.24. The minimum atomic E-state index is -1.45. The van der Waals surface area contributed by atoms with Crippen molar-refractivity contribution in [3.63, 3.8) is 0 Å². The van der Waals surface area contributed by atoms with Crippen LogP contribution in [0.15, 0.2) is 27.6 Å². The fourth-order valence-electron chi connectivity index (χ4n) is 1.17. The predicted molar refractivity (Wildman–Crippen MR) is 68.5 cm³/mol. The van der Waals surface area contributed by atoms with Crippen molar-refractivity contribution in [2.75, 3.05) is 12.8 Å². The zero-order valence-electron chi connectivity index (χ0n) is 8.99. The number of nitrogens with one attached hydrogen (secondary N) is 1. The molecular formula is C10H13BrN2O2S. The molecule has 0 aliphatic rings. The number of hydrogen-bond acceptors (Lipinski definition) is 3. The topological polar surface area (TPSA) is 72.2 Å². The minimum absolute atomic E-state index is 0.266. The van der Waals surface area contributed by atoms with Crippen LogP contribution in [0.25, 0.3) is 0 Å². The van der Waals surface area contributed by atoms with E-state index in [-0.39, 0.29) is 5.91 Å². The second kappa shape index (κ2) is 5.45. The van der Waals surface area contributed by atoms with Gasteiger partial charge < -0.3 is 11.1 Å². The fraction of sp³-hybridized carbons (Fsp3) is 0.300. The summed E-state index contributed by atoms with van der Waals surface area (Å²) < 4.78 is 12.9. The molecule has 1 amide bonds. The Labute approximate surface area is 105 Å². The van der Waals surface area contributed by atoms with E-state index in [0.717, 1.165) is 4.47 Å². The Morgan fingerprint density at radius 3 is 2.75 bits per heavy atom. The Bertz CT molecular complexity index is 437. The summed E-state index contributed by atoms with van der Waals surface area (Å²) in [6.07, 6.45) is 0. The van der Waals surface area contributed by atoms with Crippen molar-refractivity contribution in [3.8, 4) is 0 Å². The Morgan fingerprint density at radius 2 is 2.19 bits per heavy atom. The first-order chi connectivity index (χ1) is 7.47. The number of carbonyl (C=O) groups excluding carboxylic acids is 1. The third-order valence-corrected chi connectivity index (χ3v) is 4.27. The van der Waals surface area contributed by atoms with Crippen molar-refractivity contribution in [1.29, 1.82) is 0 Å². The summed E-state index contributed by atoms with van der Waals surface area (Å²) in [6.45, 7) is 1.61. The van der Waals surface area contributed by atoms with Gasteiger partial charge in [-0.05, 0) is 25.1 Å². The van der Waals surface area contributed by atoms with Crippen molar-refractivity contribution in [2.24, 2.45) is 0 Å². The smallest absolute Gasteiger partial charge is 0.235 e. The highest BCUT2D eigenvalue weighted by Gasteiger charge is 2.22. The number of benzene rings is 1. The molecule has 0 saturated heterocycles. The number of nitrogens with two attached hydrogens (primary N) is 1. The van der Waals surface area contributed by atoms with Crippen LogP contribution in [0, 0.1) is 0 Å². The molecule has 0 bridgehead atoms. The van der Waals surface area contributed by atoms with Crippen LogP contribution in [-0.4, -0.2) is 22.4 Å². The van der Waals surface area contributed by atoms with E-state index in [0.29, 0.717) is 10.6 Å². The Hall–Kier alpha value is -0.880. The molecule has 0 aromatic heterocycles. The molecule has 6 heteroatoms. The van der Waals surface area contributed by atoms with Gasteiger partial charge in [0.25, 0.3) is 0 Å². The lowest BCUT2D eigenvalue weighted by Gasteiger charge is -2.11. The van der Waals surface area contributed by atoms with Gasteiger partial charge in [0.05, 0.1) is 15.7 Å². The summed E-state index contributed by atoms with van der Waals surface area (Å²) in [5, 5.41) is 1.84. The molecule has 0 spiro atoms. The van der Waals surface area contributed by atoms with Crippen LogP contribution in [-0.2, 0) is 15.6 Å². The van der Waals surface area contributed by atoms with Crippen LogP contribution >= 0.6 is 15.9 Å². The molecular weight excluding hydrogens is 292 g/mol. The van der Waals surface area contributed by atoms with Gasteiger partial charge in [0.1, 0.15) is 5.25 Å². The monoisotopic (exact) mass is 304 g/mol. The van der Waals surface area contributed by atoms with Crippen LogP contribution in [0.3, 0.4) is 0 Å². The molecule has 0 radical (unpaired) electrons. The highest BCUT2D eigenvalue weighted by atomic mass is 79.9. The summed E-state index contributed by atoms with van der Waals surface area (Å²) in [5.74, 6) is -0.266. The van der Waals surface area contributed by atoms with Gasteiger partial charge in [-0.25, -0.2) is 0 Å². The van der Waals surface area contributed by atoms with E-state index < -0.39 is 16.0 Å². The molecule has 1 aromatic carbocycles. The molecule has 0 aliphatic heterocycles. The Morgan fingerprint density at radius 1 is 1.56 bits per heavy atom. The van der Waals surface area contributed by atoms with Gasteiger partial charge in [0.15, 0.2) is 0 Å². The number of amides is 1. The lowest BCUT2D eigenvalue weighted by molar-refractivity contribution is -0.119. The molecule has 2 unspecified atom stereocenters. The van der Waals surface area contributed by atoms with Gasteiger partial charge in [-0.1, -0.05) is 15.9 Å². The van der Waals surface area contributed by atoms with E-state index in [1.807, 2.05) is 0 Å². The SMILES string of the molecule is CNC(=O)C(C)S(=O)c1cc(Br)ccc1N. The highest BCUT2D eigenvalue weighted by molar-refractivity contribution is 9.10. The molecule has 2 atom stereocenters. The third-order valence-electron chi connectivity index (χ3n) is 2.13. The van der Waals surface area contributed by atoms with E-state index in [4.69, 9.17) is 5.73 Å². The molecule has 4 nitrogen and oxygen atoms in total. The average molecular weight is 305 g/mol. The normalized spacial score (nSPS) is 14.2. The van der Waals surface area contributed by atoms with Crippen LogP contribution in [0.4, 0.5) is 5.69 Å². The van der Waals surface area contributed by atoms with Crippen molar-refractivity contribution >= 4 is 38.3 Å². The maximum absolute atomic E-state index is 12.1. The number of nitrogen functional groups attached to an aromatic ring is 1. The molecule has 0 fully saturated rings. The number of carbonyl (C=O) groups is 1. The van der Waals surface area contributed by atoms with Gasteiger partial charge in [-0.15, -0.1) is 0 Å². The number of anilines is 1. The fourth-order valence-corrected chi connectivity index (χ4v) is 2.92. The van der Waals surface area contributed by atoms with Crippen molar-refractivity contribution < 1.29 is 9.00 Å². The summed E-state index contributed by atoms with van der Waals surface area (Å²) >= 11 is 3.28. The Kier molecular flexibility index (Phi) is 4.49. The van der Waals surface area contributed by atoms with Crippen molar-refractivity contribution in [1.82, 2.24) is 5.32 Å². The van der Waals surface area contributed by atoms with Gasteiger partial charge in [-0.3, -0.25) is 9.00 Å². The predicted octanol–water partition coefficient (Wildman–Crippen LogP) is 1.27. The molecule has 1 rings (SSSR count). The largest absolute Gasteiger partial charge is 0.398 e. The first-order valence-corrected chi connectivity index (χ1v) is 6.65. The van der Waals surface area contributed by atoms with Gasteiger partial charge in [-0.2, -0.15) is 0 Å². The summed E-state index contributed by atoms with van der Waals surface area (Å²) in [7, 11) is 0.0672. The van der Waals surface area contributed by atoms with Crippen LogP contribution in [0.2, 0.25) is 0 Å². The van der Waals surface area contributed by atoms with Crippen LogP contribution < -0.4 is 11.1 Å². The van der Waals surface area contributed by atoms with Gasteiger partial charge in [0.2, 0.25) is 5.91 Å². The van der Waals surface area contributed by atoms with Crippen LogP contribution in [0.5, 0.6) is 0 Å². The molecule has 0 aliphatic carbocycles. The van der Waals surface area contributed by atoms with Gasteiger partial charge >= 0.3 is 0 Å². The summed E-state index contributed by atoms with van der Waals surface area (Å²) in [4.78, 5) is 11.8. The lowest BCUT2D eigenvalue weighted by Crippen LogP contribution is -2.33. The van der Waals surface area contributed by atoms with Crippen molar-refractivity contribution in [2.45, 2.75) is 17.1 Å². The van der Waals surface area contributed by atoms with E-state index >= 15 is 0 Å². The standard InChI is InChI=1S/C10H13BrN2O2S/c1-6(10(14)13-2)16(15)9-5-7(11)3-4-8(9)12/h3-6H,12H2,1-2H3,(H,13,14). The van der Waals surface area contributed by atoms with E-state index in [1.165, 1.54) is 7.05 Å². The molecule has 0 heterocycles. The van der Waals surface area contributed by atoms with E-state index in [2.05, 4.69) is 21.2 Å². The minimum Gasteiger partial charge on any atom is -0.398 e. The first-order valence-electron chi connectivity index (χ1n) is 4.64. The maximum Gasteiger partial charge on any atom is 0.235 e. The first kappa shape index (κ1) is 13.2. The molecule has 3 N–H and O–H groups in total. The third kappa shape index (κ3) is 2.82. The number of halogens is 1. The molecule has 1 aromatic rings. The second-order valence-corrected chi connectivity index (χ2v) is 5.89. The summed E-state index contributed by atoms with van der Waals surface area (Å²) in [6, 6.07) is 5.10. The Balaban J connectivity index is 3.05.